The van der Waals surface area contributed by atoms with Crippen molar-refractivity contribution >= 4 is 12.6 Å². The van der Waals surface area contributed by atoms with Crippen molar-refractivity contribution in [1.29, 1.82) is 0 Å². The molecule has 0 aromatic carbocycles. The monoisotopic (exact) mass is 175 g/mol. The van der Waals surface area contributed by atoms with Crippen molar-refractivity contribution in [2.75, 3.05) is 28.2 Å². The minimum absolute atomic E-state index is 1.00. The number of alkyl halides is 3. The maximum atomic E-state index is 10.2. The van der Waals surface area contributed by atoms with Crippen LogP contribution in [-0.2, 0) is 12.6 Å². The fraction of sp³-hybridized carbons (Fsp3) is 1.00. The van der Waals surface area contributed by atoms with E-state index in [1.807, 2.05) is 0 Å². The molecule has 0 radical (unpaired) electrons. The smallest absolute Gasteiger partial charge is 0.276 e. The van der Waals surface area contributed by atoms with Gasteiger partial charge in [0.25, 0.3) is 5.51 Å². The van der Waals surface area contributed by atoms with Crippen LogP contribution in [-0.4, -0.2) is 38.2 Å². The van der Waals surface area contributed by atoms with E-state index in [0.29, 0.717) is 0 Å². The Bertz CT molecular complexity index is 59.9. The van der Waals surface area contributed by atoms with Gasteiger partial charge in [0.2, 0.25) is 0 Å². The largest absolute Gasteiger partial charge is 0.680 e. The normalized spacial score (nSPS) is 12.0. The molecule has 0 atom stereocenters. The molecule has 0 aromatic heterocycles. The van der Waals surface area contributed by atoms with Crippen LogP contribution in [0.3, 0.4) is 0 Å². The van der Waals surface area contributed by atoms with E-state index in [4.69, 9.17) is 0 Å². The van der Waals surface area contributed by atoms with Crippen LogP contribution in [0.2, 0.25) is 0 Å². The quantitative estimate of drug-likeness (QED) is 0.396. The van der Waals surface area contributed by atoms with E-state index in [-0.39, 0.29) is 0 Å². The molecule has 64 valence electrons. The summed E-state index contributed by atoms with van der Waals surface area (Å²) in [5, 5.41) is 0. The van der Waals surface area contributed by atoms with Crippen LogP contribution in [0.4, 0.5) is 13.2 Å². The Morgan fingerprint density at radius 3 is 1.00 bits per heavy atom. The molecular weight excluding hydrogens is 163 g/mol. The van der Waals surface area contributed by atoms with Crippen molar-refractivity contribution in [3.8, 4) is 0 Å². The van der Waals surface area contributed by atoms with E-state index in [2.05, 4.69) is 40.8 Å². The highest BCUT2D eigenvalue weighted by molar-refractivity contribution is 7.59. The van der Waals surface area contributed by atoms with Gasteiger partial charge in [-0.1, -0.05) is 0 Å². The first-order valence-corrected chi connectivity index (χ1v) is 2.97. The fourth-order valence-corrected chi connectivity index (χ4v) is 0. The molecule has 0 amide bonds. The summed E-state index contributed by atoms with van der Waals surface area (Å²) in [7, 11) is 8.50. The van der Waals surface area contributed by atoms with E-state index in [0.717, 1.165) is 4.48 Å². The lowest BCUT2D eigenvalue weighted by molar-refractivity contribution is -0.849. The highest BCUT2D eigenvalue weighted by Crippen LogP contribution is 2.08. The van der Waals surface area contributed by atoms with Crippen LogP contribution in [0.15, 0.2) is 0 Å². The summed E-state index contributed by atoms with van der Waals surface area (Å²) in [6.07, 6.45) is 0. The summed E-state index contributed by atoms with van der Waals surface area (Å²) in [6, 6.07) is 0. The zero-order valence-corrected chi connectivity index (χ0v) is 7.31. The number of quaternary nitrogens is 1. The van der Waals surface area contributed by atoms with Gasteiger partial charge in [-0.15, -0.1) is 0 Å². The maximum absolute atomic E-state index is 10.2. The molecule has 0 aliphatic heterocycles. The van der Waals surface area contributed by atoms with Crippen LogP contribution in [0, 0.1) is 0 Å². The topological polar surface area (TPSA) is 0 Å². The summed E-state index contributed by atoms with van der Waals surface area (Å²) in [6.45, 7) is 0. The fourth-order valence-electron chi connectivity index (χ4n) is 0. The molecule has 0 heterocycles. The second-order valence-corrected chi connectivity index (χ2v) is 3.59. The van der Waals surface area contributed by atoms with E-state index in [1.165, 1.54) is 0 Å². The molecule has 0 bridgehead atoms. The molecule has 5 heteroatoms. The molecular formula is C5H12F3NS. The molecule has 0 aliphatic rings. The molecule has 0 N–H and O–H groups in total. The molecule has 0 saturated heterocycles. The molecule has 0 aromatic rings. The summed E-state index contributed by atoms with van der Waals surface area (Å²) in [4.78, 5) is 0. The van der Waals surface area contributed by atoms with Crippen LogP contribution >= 0.6 is 0 Å². The zero-order chi connectivity index (χ0) is 9.00. The highest BCUT2D eigenvalue weighted by atomic mass is 32.1. The summed E-state index contributed by atoms with van der Waals surface area (Å²) in [5.41, 5.74) is -4.42. The van der Waals surface area contributed by atoms with E-state index in [1.54, 1.807) is 0 Å². The predicted octanol–water partition coefficient (Wildman–Crippen LogP) is 1.38. The molecule has 0 rings (SSSR count). The summed E-state index contributed by atoms with van der Waals surface area (Å²) < 4.78 is 31.5. The third kappa shape index (κ3) is 40800. The van der Waals surface area contributed by atoms with Crippen molar-refractivity contribution in [2.24, 2.45) is 0 Å². The zero-order valence-electron chi connectivity index (χ0n) is 6.49. The molecule has 0 spiro atoms. The second kappa shape index (κ2) is 4.08. The van der Waals surface area contributed by atoms with Gasteiger partial charge in [0, 0.05) is 0 Å². The van der Waals surface area contributed by atoms with Gasteiger partial charge in [0.05, 0.1) is 28.2 Å². The van der Waals surface area contributed by atoms with Crippen LogP contribution < -0.4 is 0 Å². The van der Waals surface area contributed by atoms with E-state index >= 15 is 0 Å². The van der Waals surface area contributed by atoms with Crippen LogP contribution in [0.5, 0.6) is 0 Å². The maximum Gasteiger partial charge on any atom is 0.276 e. The third-order valence-electron chi connectivity index (χ3n) is 0. The lowest BCUT2D eigenvalue weighted by atomic mass is 10.8. The van der Waals surface area contributed by atoms with Gasteiger partial charge in [0.1, 0.15) is 0 Å². The van der Waals surface area contributed by atoms with Crippen molar-refractivity contribution in [1.82, 2.24) is 0 Å². The van der Waals surface area contributed by atoms with Crippen molar-refractivity contribution in [3.63, 3.8) is 0 Å². The van der Waals surface area contributed by atoms with Gasteiger partial charge < -0.3 is 17.1 Å². The number of hydrogen-bond donors (Lipinski definition) is 0. The minimum atomic E-state index is -4.42. The summed E-state index contributed by atoms with van der Waals surface area (Å²) >= 11 is 2.83. The van der Waals surface area contributed by atoms with Crippen molar-refractivity contribution in [2.45, 2.75) is 5.51 Å². The standard InChI is InChI=1S/C4H12N.CHF3S/c1-5(2,3)4;2-1(3,4)5/h1-4H3;5H/q+1;/p-1. The first-order chi connectivity index (χ1) is 4.00. The molecule has 0 unspecified atom stereocenters. The highest BCUT2D eigenvalue weighted by Gasteiger charge is 2.01. The Morgan fingerprint density at radius 2 is 1.00 bits per heavy atom. The van der Waals surface area contributed by atoms with Gasteiger partial charge in [-0.25, -0.2) is 0 Å². The van der Waals surface area contributed by atoms with E-state index in [9.17, 15) is 13.2 Å². The number of rotatable bonds is 0. The van der Waals surface area contributed by atoms with Gasteiger partial charge >= 0.3 is 0 Å². The van der Waals surface area contributed by atoms with Crippen LogP contribution in [0.25, 0.3) is 0 Å². The molecule has 0 saturated carbocycles. The van der Waals surface area contributed by atoms with Crippen LogP contribution in [0.1, 0.15) is 0 Å². The SMILES string of the molecule is C[N+](C)(C)C.FC(F)(F)[S-]. The predicted molar refractivity (Wildman–Crippen MR) is 37.4 cm³/mol. The van der Waals surface area contributed by atoms with Gasteiger partial charge in [-0.3, -0.25) is 0 Å². The first kappa shape index (κ1) is 12.7. The number of nitrogens with zero attached hydrogens (tertiary/aromatic N) is 1. The van der Waals surface area contributed by atoms with Gasteiger partial charge in [-0.05, 0) is 0 Å². The number of halogens is 3. The average molecular weight is 175 g/mol. The summed E-state index contributed by atoms with van der Waals surface area (Å²) in [5.74, 6) is 0. The molecule has 0 fully saturated rings. The molecule has 1 nitrogen and oxygen atoms in total. The van der Waals surface area contributed by atoms with Crippen molar-refractivity contribution in [3.05, 3.63) is 0 Å². The van der Waals surface area contributed by atoms with Crippen molar-refractivity contribution < 1.29 is 17.7 Å². The first-order valence-electron chi connectivity index (χ1n) is 2.56. The molecule has 10 heavy (non-hydrogen) atoms. The number of hydrogen-bond acceptors (Lipinski definition) is 1. The Kier molecular flexibility index (Phi) is 5.20. The Labute approximate surface area is 64.8 Å². The lowest BCUT2D eigenvalue weighted by Gasteiger charge is -2.14. The molecule has 0 aliphatic carbocycles. The second-order valence-electron chi connectivity index (χ2n) is 3.13. The van der Waals surface area contributed by atoms with Gasteiger partial charge in [-0.2, -0.15) is 13.2 Å². The third-order valence-corrected chi connectivity index (χ3v) is 0. The Morgan fingerprint density at radius 1 is 1.00 bits per heavy atom. The van der Waals surface area contributed by atoms with E-state index < -0.39 is 5.51 Å². The minimum Gasteiger partial charge on any atom is -0.680 e. The Hall–Kier alpha value is 0.100. The Balaban J connectivity index is 0. The lowest BCUT2D eigenvalue weighted by Crippen LogP contribution is -2.27. The average Bonchev–Trinajstić information content (AvgIpc) is 1.12. The van der Waals surface area contributed by atoms with Gasteiger partial charge in [0.15, 0.2) is 0 Å².